The molecule has 0 radical (unpaired) electrons. The summed E-state index contributed by atoms with van der Waals surface area (Å²) in [5, 5.41) is 0. The minimum atomic E-state index is 0.161. The Morgan fingerprint density at radius 1 is 1.00 bits per heavy atom. The quantitative estimate of drug-likeness (QED) is 0.938. The Kier molecular flexibility index (Phi) is 4.39. The highest BCUT2D eigenvalue weighted by molar-refractivity contribution is 5.92. The Balaban J connectivity index is 1.49. The Bertz CT molecular complexity index is 667. The maximum atomic E-state index is 12.8. The predicted molar refractivity (Wildman–Crippen MR) is 94.7 cm³/mol. The molecule has 126 valence electrons. The number of benzene rings is 1. The third-order valence-corrected chi connectivity index (χ3v) is 5.48. The number of aromatic amines is 1. The molecule has 4 nitrogen and oxygen atoms in total. The Morgan fingerprint density at radius 2 is 1.79 bits per heavy atom. The van der Waals surface area contributed by atoms with Gasteiger partial charge in [-0.2, -0.15) is 0 Å². The van der Waals surface area contributed by atoms with E-state index in [1.807, 2.05) is 18.3 Å². The van der Waals surface area contributed by atoms with Crippen LogP contribution in [0, 0.1) is 0 Å². The molecule has 1 aromatic heterocycles. The lowest BCUT2D eigenvalue weighted by molar-refractivity contribution is 0.0634. The van der Waals surface area contributed by atoms with Crippen LogP contribution in [0.2, 0.25) is 0 Å². The van der Waals surface area contributed by atoms with E-state index in [1.165, 1.54) is 18.4 Å². The number of hydrogen-bond donors (Lipinski definition) is 1. The van der Waals surface area contributed by atoms with E-state index in [4.69, 9.17) is 0 Å². The molecule has 24 heavy (non-hydrogen) atoms. The normalized spacial score (nSPS) is 24.6. The van der Waals surface area contributed by atoms with Crippen LogP contribution in [0.15, 0.2) is 48.7 Å². The topological polar surface area (TPSA) is 39.3 Å². The van der Waals surface area contributed by atoms with Gasteiger partial charge < -0.3 is 9.88 Å². The van der Waals surface area contributed by atoms with Gasteiger partial charge in [-0.1, -0.05) is 30.3 Å². The molecule has 0 saturated carbocycles. The van der Waals surface area contributed by atoms with Crippen LogP contribution in [-0.2, 0) is 6.54 Å². The second-order valence-electron chi connectivity index (χ2n) is 6.96. The summed E-state index contributed by atoms with van der Waals surface area (Å²) in [4.78, 5) is 20.6. The van der Waals surface area contributed by atoms with Crippen molar-refractivity contribution in [2.75, 3.05) is 13.1 Å². The zero-order valence-corrected chi connectivity index (χ0v) is 14.0. The van der Waals surface area contributed by atoms with Gasteiger partial charge in [0.2, 0.25) is 0 Å². The van der Waals surface area contributed by atoms with E-state index in [0.717, 1.165) is 38.2 Å². The highest BCUT2D eigenvalue weighted by Gasteiger charge is 2.39. The van der Waals surface area contributed by atoms with Crippen molar-refractivity contribution < 1.29 is 4.79 Å². The number of hydrogen-bond acceptors (Lipinski definition) is 2. The lowest BCUT2D eigenvalue weighted by Crippen LogP contribution is -2.48. The van der Waals surface area contributed by atoms with Crippen LogP contribution >= 0.6 is 0 Å². The summed E-state index contributed by atoms with van der Waals surface area (Å²) in [6, 6.07) is 15.3. The lowest BCUT2D eigenvalue weighted by Gasteiger charge is -2.35. The number of carbonyl (C=O) groups excluding carboxylic acids is 1. The molecule has 0 aliphatic carbocycles. The van der Waals surface area contributed by atoms with E-state index in [2.05, 4.69) is 45.1 Å². The van der Waals surface area contributed by atoms with Crippen molar-refractivity contribution in [2.45, 2.75) is 44.3 Å². The summed E-state index contributed by atoms with van der Waals surface area (Å²) in [6.07, 6.45) is 6.51. The molecule has 2 aliphatic rings. The van der Waals surface area contributed by atoms with E-state index in [0.29, 0.717) is 12.1 Å². The van der Waals surface area contributed by atoms with Crippen molar-refractivity contribution in [1.82, 2.24) is 14.8 Å². The maximum Gasteiger partial charge on any atom is 0.270 e. The second kappa shape index (κ2) is 6.81. The summed E-state index contributed by atoms with van der Waals surface area (Å²) in [7, 11) is 0. The van der Waals surface area contributed by atoms with E-state index < -0.39 is 0 Å². The average Bonchev–Trinajstić information content (AvgIpc) is 3.36. The molecule has 3 heterocycles. The Hall–Kier alpha value is -2.07. The van der Waals surface area contributed by atoms with E-state index in [9.17, 15) is 4.79 Å². The minimum Gasteiger partial charge on any atom is -0.357 e. The molecule has 2 aliphatic heterocycles. The van der Waals surface area contributed by atoms with E-state index in [1.54, 1.807) is 0 Å². The standard InChI is InChI=1S/C20H25N3O/c24-20(17-9-4-12-21-17)23-14-6-11-19(23)18-10-5-13-22(18)15-16-7-2-1-3-8-16/h1-4,7-9,12,18-19,21H,5-6,10-11,13-15H2/t18-,19-/m1/s1. The van der Waals surface area contributed by atoms with Crippen molar-refractivity contribution in [1.29, 1.82) is 0 Å². The van der Waals surface area contributed by atoms with Gasteiger partial charge in [-0.3, -0.25) is 9.69 Å². The monoisotopic (exact) mass is 323 g/mol. The number of carbonyl (C=O) groups is 1. The number of amides is 1. The molecule has 0 spiro atoms. The fourth-order valence-electron chi connectivity index (χ4n) is 4.36. The third kappa shape index (κ3) is 2.98. The van der Waals surface area contributed by atoms with Gasteiger partial charge in [-0.25, -0.2) is 0 Å². The van der Waals surface area contributed by atoms with Crippen LogP contribution in [0.25, 0.3) is 0 Å². The molecule has 0 bridgehead atoms. The van der Waals surface area contributed by atoms with Crippen LogP contribution in [0.3, 0.4) is 0 Å². The highest BCUT2D eigenvalue weighted by atomic mass is 16.2. The fourth-order valence-corrected chi connectivity index (χ4v) is 4.36. The minimum absolute atomic E-state index is 0.161. The number of likely N-dealkylation sites (tertiary alicyclic amines) is 2. The zero-order valence-electron chi connectivity index (χ0n) is 14.0. The number of nitrogens with one attached hydrogen (secondary N) is 1. The van der Waals surface area contributed by atoms with Crippen molar-refractivity contribution in [2.24, 2.45) is 0 Å². The van der Waals surface area contributed by atoms with E-state index in [-0.39, 0.29) is 5.91 Å². The molecule has 1 N–H and O–H groups in total. The van der Waals surface area contributed by atoms with Crippen molar-refractivity contribution in [3.8, 4) is 0 Å². The summed E-state index contributed by atoms with van der Waals surface area (Å²) >= 11 is 0. The van der Waals surface area contributed by atoms with Crippen LogP contribution < -0.4 is 0 Å². The summed E-state index contributed by atoms with van der Waals surface area (Å²) in [5.41, 5.74) is 2.08. The molecule has 2 atom stereocenters. The number of H-pyrrole nitrogens is 1. The first-order valence-corrected chi connectivity index (χ1v) is 9.05. The van der Waals surface area contributed by atoms with Gasteiger partial charge in [0, 0.05) is 31.4 Å². The molecule has 2 fully saturated rings. The van der Waals surface area contributed by atoms with E-state index >= 15 is 0 Å². The number of aromatic nitrogens is 1. The predicted octanol–water partition coefficient (Wildman–Crippen LogP) is 3.28. The van der Waals surface area contributed by atoms with Gasteiger partial charge in [0.15, 0.2) is 0 Å². The molecule has 4 heteroatoms. The number of nitrogens with zero attached hydrogens (tertiary/aromatic N) is 2. The van der Waals surface area contributed by atoms with Gasteiger partial charge in [-0.05, 0) is 49.9 Å². The first-order valence-electron chi connectivity index (χ1n) is 9.05. The summed E-state index contributed by atoms with van der Waals surface area (Å²) < 4.78 is 0. The van der Waals surface area contributed by atoms with Crippen molar-refractivity contribution in [3.05, 3.63) is 59.9 Å². The Labute approximate surface area is 143 Å². The van der Waals surface area contributed by atoms with Gasteiger partial charge >= 0.3 is 0 Å². The van der Waals surface area contributed by atoms with Gasteiger partial charge in [0.25, 0.3) is 5.91 Å². The zero-order chi connectivity index (χ0) is 16.4. The first-order chi connectivity index (χ1) is 11.8. The first kappa shape index (κ1) is 15.5. The van der Waals surface area contributed by atoms with Crippen molar-refractivity contribution in [3.63, 3.8) is 0 Å². The third-order valence-electron chi connectivity index (χ3n) is 5.48. The molecular weight excluding hydrogens is 298 g/mol. The SMILES string of the molecule is O=C(c1ccc[nH]1)N1CCC[C@@H]1[C@H]1CCCN1Cc1ccccc1. The molecule has 0 unspecified atom stereocenters. The van der Waals surface area contributed by atoms with Crippen LogP contribution in [0.4, 0.5) is 0 Å². The molecule has 4 rings (SSSR count). The molecule has 2 aromatic rings. The second-order valence-corrected chi connectivity index (χ2v) is 6.96. The van der Waals surface area contributed by atoms with Gasteiger partial charge in [-0.15, -0.1) is 0 Å². The maximum absolute atomic E-state index is 12.8. The van der Waals surface area contributed by atoms with Crippen LogP contribution in [-0.4, -0.2) is 45.9 Å². The van der Waals surface area contributed by atoms with Gasteiger partial charge in [0.05, 0.1) is 0 Å². The largest absolute Gasteiger partial charge is 0.357 e. The highest BCUT2D eigenvalue weighted by Crippen LogP contribution is 2.31. The molecule has 2 saturated heterocycles. The van der Waals surface area contributed by atoms with Crippen LogP contribution in [0.1, 0.15) is 41.7 Å². The lowest BCUT2D eigenvalue weighted by atomic mass is 10.0. The van der Waals surface area contributed by atoms with Crippen molar-refractivity contribution >= 4 is 5.91 Å². The molecule has 1 aromatic carbocycles. The smallest absolute Gasteiger partial charge is 0.270 e. The molecular formula is C20H25N3O. The molecule has 1 amide bonds. The number of rotatable bonds is 4. The summed E-state index contributed by atoms with van der Waals surface area (Å²) in [5.74, 6) is 0.161. The Morgan fingerprint density at radius 3 is 2.58 bits per heavy atom. The fraction of sp³-hybridized carbons (Fsp3) is 0.450. The summed E-state index contributed by atoms with van der Waals surface area (Å²) in [6.45, 7) is 3.02. The van der Waals surface area contributed by atoms with Crippen LogP contribution in [0.5, 0.6) is 0 Å². The van der Waals surface area contributed by atoms with Gasteiger partial charge in [0.1, 0.15) is 5.69 Å². The average molecular weight is 323 g/mol.